The zero-order valence-electron chi connectivity index (χ0n) is 21.8. The highest BCUT2D eigenvalue weighted by atomic mass is 32.1. The fourth-order valence-electron chi connectivity index (χ4n) is 4.29. The fourth-order valence-corrected chi connectivity index (χ4v) is 5.42. The Kier molecular flexibility index (Phi) is 8.61. The Morgan fingerprint density at radius 1 is 1.08 bits per heavy atom. The molecule has 0 fully saturated rings. The van der Waals surface area contributed by atoms with E-state index in [2.05, 4.69) is 49.9 Å². The zero-order valence-corrected chi connectivity index (χ0v) is 22.6. The van der Waals surface area contributed by atoms with Gasteiger partial charge in [0.25, 0.3) is 5.89 Å². The van der Waals surface area contributed by atoms with Gasteiger partial charge in [0.2, 0.25) is 5.82 Å². The normalized spacial score (nSPS) is 12.4. The van der Waals surface area contributed by atoms with E-state index in [0.717, 1.165) is 53.4 Å². The average molecular weight is 509 g/mol. The molecule has 0 aliphatic carbocycles. The van der Waals surface area contributed by atoms with E-state index in [1.807, 2.05) is 42.1 Å². The predicted molar refractivity (Wildman–Crippen MR) is 144 cm³/mol. The summed E-state index contributed by atoms with van der Waals surface area (Å²) in [6, 6.07) is 10.1. The van der Waals surface area contributed by atoms with Gasteiger partial charge in [0, 0.05) is 29.4 Å². The van der Waals surface area contributed by atoms with Crippen molar-refractivity contribution in [1.29, 1.82) is 0 Å². The molecule has 0 saturated heterocycles. The van der Waals surface area contributed by atoms with Crippen LogP contribution in [0.5, 0.6) is 5.75 Å². The van der Waals surface area contributed by atoms with Crippen LogP contribution in [0.1, 0.15) is 42.3 Å². The maximum atomic E-state index is 10.4. The number of aromatic nitrogens is 3. The summed E-state index contributed by atoms with van der Waals surface area (Å²) >= 11 is 1.72. The molecular formula is C28H36N4O3S. The summed E-state index contributed by atoms with van der Waals surface area (Å²) in [5, 5.41) is 14.7. The third-order valence-corrected chi connectivity index (χ3v) is 7.63. The number of benzene rings is 1. The van der Waals surface area contributed by atoms with Crippen LogP contribution in [-0.4, -0.2) is 50.5 Å². The van der Waals surface area contributed by atoms with Crippen molar-refractivity contribution >= 4 is 11.3 Å². The van der Waals surface area contributed by atoms with Crippen LogP contribution in [0.4, 0.5) is 0 Å². The van der Waals surface area contributed by atoms with E-state index in [1.54, 1.807) is 11.3 Å². The molecule has 3 aromatic heterocycles. The van der Waals surface area contributed by atoms with Crippen molar-refractivity contribution in [3.8, 4) is 27.9 Å². The van der Waals surface area contributed by atoms with Gasteiger partial charge < -0.3 is 18.9 Å². The number of nitrogens with zero attached hydrogens (tertiary/aromatic N) is 4. The Bertz CT molecular complexity index is 1260. The second kappa shape index (κ2) is 11.9. The largest absolute Gasteiger partial charge is 0.490 e. The summed E-state index contributed by atoms with van der Waals surface area (Å²) in [5.41, 5.74) is 4.19. The SMILES string of the molecule is CCc1cc(-c2noc(-c3cc(C)c(CN(CC)CC)s3)n2)cc(C)c1OC[C@@H](O)Cn1cccc1. The van der Waals surface area contributed by atoms with Gasteiger partial charge in [-0.25, -0.2) is 0 Å². The Hall–Kier alpha value is -2.94. The first-order chi connectivity index (χ1) is 17.4. The second-order valence-corrected chi connectivity index (χ2v) is 10.2. The Morgan fingerprint density at radius 2 is 1.83 bits per heavy atom. The van der Waals surface area contributed by atoms with E-state index in [0.29, 0.717) is 18.3 Å². The smallest absolute Gasteiger partial charge is 0.268 e. The topological polar surface area (TPSA) is 76.6 Å². The van der Waals surface area contributed by atoms with Crippen LogP contribution in [0.2, 0.25) is 0 Å². The second-order valence-electron chi connectivity index (χ2n) is 9.08. The van der Waals surface area contributed by atoms with Crippen molar-refractivity contribution in [3.63, 3.8) is 0 Å². The number of aliphatic hydroxyl groups is 1. The van der Waals surface area contributed by atoms with Crippen molar-refractivity contribution in [2.45, 2.75) is 60.2 Å². The number of hydrogen-bond acceptors (Lipinski definition) is 7. The van der Waals surface area contributed by atoms with Crippen LogP contribution in [-0.2, 0) is 19.5 Å². The van der Waals surface area contributed by atoms with Crippen LogP contribution in [0, 0.1) is 13.8 Å². The monoisotopic (exact) mass is 508 g/mol. The van der Waals surface area contributed by atoms with Crippen LogP contribution in [0.25, 0.3) is 22.2 Å². The summed E-state index contributed by atoms with van der Waals surface area (Å²) in [4.78, 5) is 9.45. The molecule has 36 heavy (non-hydrogen) atoms. The molecule has 4 aromatic rings. The van der Waals surface area contributed by atoms with Crippen molar-refractivity contribution in [1.82, 2.24) is 19.6 Å². The summed E-state index contributed by atoms with van der Waals surface area (Å²) in [6.45, 7) is 14.3. The standard InChI is InChI=1S/C28H36N4O3S/c1-6-21-15-22(13-20(5)26(21)34-18-23(33)16-32-11-9-10-12-32)27-29-28(35-30-27)24-14-19(4)25(36-24)17-31(7-2)8-3/h9-15,23,33H,6-8,16-18H2,1-5H3/t23-/m0/s1. The third-order valence-electron chi connectivity index (χ3n) is 6.42. The van der Waals surface area contributed by atoms with Crippen LogP contribution < -0.4 is 4.74 Å². The number of aliphatic hydroxyl groups excluding tert-OH is 1. The highest BCUT2D eigenvalue weighted by Crippen LogP contribution is 2.34. The summed E-state index contributed by atoms with van der Waals surface area (Å²) in [6.07, 6.45) is 4.06. The van der Waals surface area contributed by atoms with Gasteiger partial charge in [-0.15, -0.1) is 11.3 Å². The molecule has 0 saturated carbocycles. The number of hydrogen-bond donors (Lipinski definition) is 1. The minimum Gasteiger partial charge on any atom is -0.490 e. The highest BCUT2D eigenvalue weighted by Gasteiger charge is 2.18. The molecule has 0 aliphatic heterocycles. The quantitative estimate of drug-likeness (QED) is 0.263. The van der Waals surface area contributed by atoms with Crippen LogP contribution >= 0.6 is 11.3 Å². The van der Waals surface area contributed by atoms with Crippen LogP contribution in [0.15, 0.2) is 47.2 Å². The summed E-state index contributed by atoms with van der Waals surface area (Å²) in [5.74, 6) is 1.93. The number of ether oxygens (including phenoxy) is 1. The minimum absolute atomic E-state index is 0.227. The van der Waals surface area contributed by atoms with Gasteiger partial charge in [0.05, 0.1) is 11.4 Å². The van der Waals surface area contributed by atoms with E-state index in [4.69, 9.17) is 14.2 Å². The number of aryl methyl sites for hydroxylation is 3. The molecule has 8 heteroatoms. The van der Waals surface area contributed by atoms with E-state index in [-0.39, 0.29) is 6.61 Å². The highest BCUT2D eigenvalue weighted by molar-refractivity contribution is 7.15. The van der Waals surface area contributed by atoms with Gasteiger partial charge in [0.15, 0.2) is 0 Å². The van der Waals surface area contributed by atoms with Gasteiger partial charge in [-0.3, -0.25) is 4.90 Å². The summed E-state index contributed by atoms with van der Waals surface area (Å²) < 4.78 is 13.7. The Labute approximate surface area is 217 Å². The van der Waals surface area contributed by atoms with E-state index in [1.165, 1.54) is 10.4 Å². The minimum atomic E-state index is -0.596. The molecule has 0 unspecified atom stereocenters. The number of rotatable bonds is 12. The van der Waals surface area contributed by atoms with Crippen molar-refractivity contribution < 1.29 is 14.4 Å². The van der Waals surface area contributed by atoms with Gasteiger partial charge in [-0.05, 0) is 80.4 Å². The van der Waals surface area contributed by atoms with Crippen molar-refractivity contribution in [3.05, 3.63) is 64.3 Å². The lowest BCUT2D eigenvalue weighted by Gasteiger charge is -2.17. The molecule has 0 radical (unpaired) electrons. The maximum absolute atomic E-state index is 10.4. The molecule has 4 rings (SSSR count). The molecular weight excluding hydrogens is 472 g/mol. The molecule has 7 nitrogen and oxygen atoms in total. The first-order valence-electron chi connectivity index (χ1n) is 12.6. The van der Waals surface area contributed by atoms with Crippen molar-refractivity contribution in [2.75, 3.05) is 19.7 Å². The van der Waals surface area contributed by atoms with Gasteiger partial charge in [-0.2, -0.15) is 4.98 Å². The predicted octanol–water partition coefficient (Wildman–Crippen LogP) is 5.73. The number of thiophene rings is 1. The van der Waals surface area contributed by atoms with E-state index in [9.17, 15) is 5.11 Å². The molecule has 0 aliphatic rings. The fraction of sp³-hybridized carbons (Fsp3) is 0.429. The van der Waals surface area contributed by atoms with Crippen LogP contribution in [0.3, 0.4) is 0 Å². The van der Waals surface area contributed by atoms with E-state index >= 15 is 0 Å². The molecule has 1 N–H and O–H groups in total. The molecule has 0 bridgehead atoms. The Morgan fingerprint density at radius 3 is 2.53 bits per heavy atom. The van der Waals surface area contributed by atoms with Crippen molar-refractivity contribution in [2.24, 2.45) is 0 Å². The van der Waals surface area contributed by atoms with Gasteiger partial charge >= 0.3 is 0 Å². The molecule has 0 amide bonds. The summed E-state index contributed by atoms with van der Waals surface area (Å²) in [7, 11) is 0. The lowest BCUT2D eigenvalue weighted by Crippen LogP contribution is -2.23. The van der Waals surface area contributed by atoms with Gasteiger partial charge in [0.1, 0.15) is 18.5 Å². The average Bonchev–Trinajstić information content (AvgIpc) is 3.63. The zero-order chi connectivity index (χ0) is 25.7. The first kappa shape index (κ1) is 26.1. The molecule has 0 spiro atoms. The molecule has 1 aromatic carbocycles. The van der Waals surface area contributed by atoms with Gasteiger partial charge in [-0.1, -0.05) is 25.9 Å². The molecule has 3 heterocycles. The first-order valence-corrected chi connectivity index (χ1v) is 13.4. The van der Waals surface area contributed by atoms with E-state index < -0.39 is 6.10 Å². The Balaban J connectivity index is 1.50. The molecule has 192 valence electrons. The lowest BCUT2D eigenvalue weighted by molar-refractivity contribution is 0.0918. The third kappa shape index (κ3) is 6.06. The lowest BCUT2D eigenvalue weighted by atomic mass is 10.0. The maximum Gasteiger partial charge on any atom is 0.268 e. The molecule has 1 atom stereocenters.